The van der Waals surface area contributed by atoms with Crippen LogP contribution in [0, 0.1) is 17.5 Å². The Bertz CT molecular complexity index is 871. The third-order valence-electron chi connectivity index (χ3n) is 5.49. The smallest absolute Gasteiger partial charge is 0.201 e. The minimum atomic E-state index is -1.10. The molecule has 0 radical (unpaired) electrons. The van der Waals surface area contributed by atoms with E-state index < -0.39 is 17.5 Å². The van der Waals surface area contributed by atoms with E-state index in [0.717, 1.165) is 24.8 Å². The topological polar surface area (TPSA) is 9.23 Å². The quantitative estimate of drug-likeness (QED) is 0.426. The molecular formula is C24H27F3O. The zero-order valence-electron chi connectivity index (χ0n) is 16.6. The van der Waals surface area contributed by atoms with E-state index in [1.54, 1.807) is 6.07 Å². The van der Waals surface area contributed by atoms with Crippen LogP contribution in [-0.2, 0) is 6.42 Å². The number of benzene rings is 2. The Morgan fingerprint density at radius 3 is 2.29 bits per heavy atom. The molecule has 150 valence electrons. The number of hydrogen-bond donors (Lipinski definition) is 0. The van der Waals surface area contributed by atoms with Crippen molar-refractivity contribution in [2.24, 2.45) is 0 Å². The van der Waals surface area contributed by atoms with Crippen molar-refractivity contribution in [3.63, 3.8) is 0 Å². The van der Waals surface area contributed by atoms with Gasteiger partial charge in [0.05, 0.1) is 7.11 Å². The Labute approximate surface area is 165 Å². The maximum absolute atomic E-state index is 15.1. The summed E-state index contributed by atoms with van der Waals surface area (Å²) in [6.45, 7) is 2.20. The van der Waals surface area contributed by atoms with Crippen molar-refractivity contribution in [2.45, 2.75) is 58.3 Å². The van der Waals surface area contributed by atoms with Crippen molar-refractivity contribution in [3.05, 3.63) is 58.4 Å². The Morgan fingerprint density at radius 2 is 1.54 bits per heavy atom. The predicted octanol–water partition coefficient (Wildman–Crippen LogP) is 7.47. The number of ether oxygens (including phenoxy) is 1. The summed E-state index contributed by atoms with van der Waals surface area (Å²) in [5, 5.41) is 0. The Kier molecular flexibility index (Phi) is 6.82. The highest BCUT2D eigenvalue weighted by molar-refractivity contribution is 5.71. The number of rotatable bonds is 8. The highest BCUT2D eigenvalue weighted by atomic mass is 19.2. The van der Waals surface area contributed by atoms with Gasteiger partial charge >= 0.3 is 0 Å². The number of halogens is 3. The van der Waals surface area contributed by atoms with Gasteiger partial charge in [-0.1, -0.05) is 56.4 Å². The monoisotopic (exact) mass is 388 g/mol. The maximum atomic E-state index is 15.1. The first-order valence-corrected chi connectivity index (χ1v) is 10.1. The molecule has 3 rings (SSSR count). The fourth-order valence-corrected chi connectivity index (χ4v) is 3.86. The molecule has 0 unspecified atom stereocenters. The van der Waals surface area contributed by atoms with Crippen molar-refractivity contribution in [3.8, 4) is 16.9 Å². The minimum Gasteiger partial charge on any atom is -0.494 e. The molecule has 0 aromatic heterocycles. The van der Waals surface area contributed by atoms with Crippen molar-refractivity contribution in [1.82, 2.24) is 0 Å². The molecule has 0 N–H and O–H groups in total. The van der Waals surface area contributed by atoms with E-state index >= 15 is 4.39 Å². The summed E-state index contributed by atoms with van der Waals surface area (Å²) < 4.78 is 48.3. The van der Waals surface area contributed by atoms with Gasteiger partial charge < -0.3 is 4.74 Å². The van der Waals surface area contributed by atoms with Crippen LogP contribution in [0.2, 0.25) is 0 Å². The summed E-state index contributed by atoms with van der Waals surface area (Å²) in [6.07, 6.45) is 10.7. The summed E-state index contributed by atoms with van der Waals surface area (Å²) in [4.78, 5) is 0. The van der Waals surface area contributed by atoms with E-state index in [1.807, 2.05) is 6.07 Å². The first-order chi connectivity index (χ1) is 13.6. The summed E-state index contributed by atoms with van der Waals surface area (Å²) in [6, 6.07) is 6.04. The number of allylic oxidation sites excluding steroid dienone is 1. The zero-order chi connectivity index (χ0) is 20.1. The molecule has 0 spiro atoms. The van der Waals surface area contributed by atoms with Gasteiger partial charge in [-0.2, -0.15) is 4.39 Å². The molecule has 0 saturated heterocycles. The Balaban J connectivity index is 1.82. The van der Waals surface area contributed by atoms with E-state index in [9.17, 15) is 8.78 Å². The molecule has 1 aliphatic carbocycles. The lowest BCUT2D eigenvalue weighted by Gasteiger charge is -2.19. The van der Waals surface area contributed by atoms with Gasteiger partial charge in [-0.25, -0.2) is 8.78 Å². The Morgan fingerprint density at radius 1 is 0.821 bits per heavy atom. The molecule has 0 saturated carbocycles. The van der Waals surface area contributed by atoms with Crippen LogP contribution in [0.4, 0.5) is 13.2 Å². The SMILES string of the molecule is CCCCCCCC1=Cc2ccc(-c3ccc(OC)c(F)c3F)c(F)c2CC1. The standard InChI is InChI=1S/C24H27F3O/c1-3-4-5-6-7-8-16-9-11-18-17(15-16)10-12-19(22(18)25)20-13-14-21(28-2)24(27)23(20)26/h10,12-15H,3-9,11H2,1-2H3. The molecule has 0 atom stereocenters. The second-order valence-electron chi connectivity index (χ2n) is 7.41. The van der Waals surface area contributed by atoms with Gasteiger partial charge in [0.25, 0.3) is 0 Å². The number of methoxy groups -OCH3 is 1. The molecule has 28 heavy (non-hydrogen) atoms. The van der Waals surface area contributed by atoms with Crippen molar-refractivity contribution < 1.29 is 17.9 Å². The number of unbranched alkanes of at least 4 members (excludes halogenated alkanes) is 4. The summed E-state index contributed by atoms with van der Waals surface area (Å²) in [7, 11) is 1.27. The minimum absolute atomic E-state index is 0.0794. The number of hydrogen-bond acceptors (Lipinski definition) is 1. The molecule has 0 heterocycles. The third-order valence-corrected chi connectivity index (χ3v) is 5.49. The lowest BCUT2D eigenvalue weighted by Crippen LogP contribution is -2.05. The van der Waals surface area contributed by atoms with E-state index in [1.165, 1.54) is 50.5 Å². The van der Waals surface area contributed by atoms with Crippen LogP contribution in [0.25, 0.3) is 17.2 Å². The fraction of sp³-hybridized carbons (Fsp3) is 0.417. The highest BCUT2D eigenvalue weighted by Gasteiger charge is 2.22. The second-order valence-corrected chi connectivity index (χ2v) is 7.41. The maximum Gasteiger partial charge on any atom is 0.201 e. The van der Waals surface area contributed by atoms with Crippen LogP contribution in [0.1, 0.15) is 63.0 Å². The molecule has 0 aliphatic heterocycles. The molecule has 1 aliphatic rings. The van der Waals surface area contributed by atoms with Gasteiger partial charge in [-0.05, 0) is 48.9 Å². The molecule has 0 amide bonds. The summed E-state index contributed by atoms with van der Waals surface area (Å²) in [5.74, 6) is -2.83. The zero-order valence-corrected chi connectivity index (χ0v) is 16.6. The highest BCUT2D eigenvalue weighted by Crippen LogP contribution is 2.36. The van der Waals surface area contributed by atoms with Gasteiger partial charge in [-0.3, -0.25) is 0 Å². The van der Waals surface area contributed by atoms with Crippen molar-refractivity contribution in [1.29, 1.82) is 0 Å². The van der Waals surface area contributed by atoms with E-state index in [-0.39, 0.29) is 16.9 Å². The predicted molar refractivity (Wildman–Crippen MR) is 108 cm³/mol. The molecule has 2 aromatic carbocycles. The van der Waals surface area contributed by atoms with Gasteiger partial charge in [0, 0.05) is 11.1 Å². The second kappa shape index (κ2) is 9.31. The van der Waals surface area contributed by atoms with E-state index in [2.05, 4.69) is 13.0 Å². The van der Waals surface area contributed by atoms with Crippen LogP contribution in [0.5, 0.6) is 5.75 Å². The first-order valence-electron chi connectivity index (χ1n) is 10.1. The van der Waals surface area contributed by atoms with Crippen LogP contribution in [-0.4, -0.2) is 7.11 Å². The fourth-order valence-electron chi connectivity index (χ4n) is 3.86. The average molecular weight is 388 g/mol. The van der Waals surface area contributed by atoms with Crippen molar-refractivity contribution >= 4 is 6.08 Å². The average Bonchev–Trinajstić information content (AvgIpc) is 2.70. The molecule has 4 heteroatoms. The molecule has 1 nitrogen and oxygen atoms in total. The third kappa shape index (κ3) is 4.26. The van der Waals surface area contributed by atoms with Crippen molar-refractivity contribution in [2.75, 3.05) is 7.11 Å². The Hall–Kier alpha value is -2.23. The lowest BCUT2D eigenvalue weighted by atomic mass is 9.87. The van der Waals surface area contributed by atoms with Gasteiger partial charge in [0.2, 0.25) is 5.82 Å². The first kappa shape index (κ1) is 20.5. The van der Waals surface area contributed by atoms with Crippen LogP contribution in [0.3, 0.4) is 0 Å². The largest absolute Gasteiger partial charge is 0.494 e. The normalized spacial score (nSPS) is 13.2. The molecule has 0 fully saturated rings. The van der Waals surface area contributed by atoms with Crippen LogP contribution >= 0.6 is 0 Å². The van der Waals surface area contributed by atoms with Crippen LogP contribution < -0.4 is 4.74 Å². The van der Waals surface area contributed by atoms with Gasteiger partial charge in [0.15, 0.2) is 11.6 Å². The van der Waals surface area contributed by atoms with Crippen LogP contribution in [0.15, 0.2) is 29.8 Å². The molecule has 0 bridgehead atoms. The van der Waals surface area contributed by atoms with E-state index in [0.29, 0.717) is 12.0 Å². The summed E-state index contributed by atoms with van der Waals surface area (Å²) >= 11 is 0. The van der Waals surface area contributed by atoms with E-state index in [4.69, 9.17) is 4.74 Å². The molecular weight excluding hydrogens is 361 g/mol. The van der Waals surface area contributed by atoms with Gasteiger partial charge in [-0.15, -0.1) is 0 Å². The molecule has 2 aromatic rings. The van der Waals surface area contributed by atoms with Gasteiger partial charge in [0.1, 0.15) is 5.82 Å². The lowest BCUT2D eigenvalue weighted by molar-refractivity contribution is 0.372. The number of fused-ring (bicyclic) bond motifs is 1. The summed E-state index contributed by atoms with van der Waals surface area (Å²) in [5.41, 5.74) is 2.80.